The van der Waals surface area contributed by atoms with Gasteiger partial charge in [0.2, 0.25) is 0 Å². The van der Waals surface area contributed by atoms with Crippen LogP contribution in [0.1, 0.15) is 21.9 Å². The minimum atomic E-state index is -4.74. The molecule has 1 aromatic carbocycles. The van der Waals surface area contributed by atoms with Crippen molar-refractivity contribution in [1.82, 2.24) is 15.3 Å². The van der Waals surface area contributed by atoms with Crippen LogP contribution in [0.2, 0.25) is 0 Å². The summed E-state index contributed by atoms with van der Waals surface area (Å²) in [4.78, 5) is 32.2. The Morgan fingerprint density at radius 1 is 1.19 bits per heavy atom. The Balaban J connectivity index is 1.78. The zero-order valence-electron chi connectivity index (χ0n) is 15.6. The van der Waals surface area contributed by atoms with Gasteiger partial charge in [-0.25, -0.2) is 19.2 Å². The molecule has 0 aliphatic heterocycles. The van der Waals surface area contributed by atoms with Crippen molar-refractivity contribution in [2.24, 2.45) is 5.73 Å². The Morgan fingerprint density at radius 2 is 1.90 bits per heavy atom. The molecule has 2 heterocycles. The number of nitrogens with two attached hydrogens (primary N) is 1. The summed E-state index contributed by atoms with van der Waals surface area (Å²) in [6, 6.07) is 4.60. The summed E-state index contributed by atoms with van der Waals surface area (Å²) in [6.07, 6.45) is -0.872. The fraction of sp³-hybridized carbons (Fsp3) is 0.158. The van der Waals surface area contributed by atoms with E-state index in [1.807, 2.05) is 0 Å². The number of aromatic nitrogens is 2. The van der Waals surface area contributed by atoms with E-state index in [-0.39, 0.29) is 34.7 Å². The number of benzene rings is 1. The van der Waals surface area contributed by atoms with Gasteiger partial charge in [-0.15, -0.1) is 0 Å². The molecule has 0 aliphatic rings. The molecule has 3 N–H and O–H groups in total. The SMILES string of the molecule is N/C=C(/C(=O)NCc1cc2cc(F)cc(C(=O)OCC(F)(F)F)c2o1)c1ncccn1. The molecule has 0 atom stereocenters. The van der Waals surface area contributed by atoms with Crippen LogP contribution in [0, 0.1) is 5.82 Å². The highest BCUT2D eigenvalue weighted by atomic mass is 19.4. The van der Waals surface area contributed by atoms with Crippen LogP contribution >= 0.6 is 0 Å². The summed E-state index contributed by atoms with van der Waals surface area (Å²) in [7, 11) is 0. The zero-order valence-corrected chi connectivity index (χ0v) is 15.6. The number of fused-ring (bicyclic) bond motifs is 1. The number of amides is 1. The number of alkyl halides is 3. The van der Waals surface area contributed by atoms with Crippen molar-refractivity contribution in [1.29, 1.82) is 0 Å². The largest absolute Gasteiger partial charge is 0.458 e. The highest BCUT2D eigenvalue weighted by molar-refractivity contribution is 6.18. The van der Waals surface area contributed by atoms with Gasteiger partial charge in [0.15, 0.2) is 12.4 Å². The number of hydrogen-bond acceptors (Lipinski definition) is 7. The van der Waals surface area contributed by atoms with E-state index in [4.69, 9.17) is 10.2 Å². The summed E-state index contributed by atoms with van der Waals surface area (Å²) in [5.41, 5.74) is 4.75. The molecule has 0 bridgehead atoms. The fourth-order valence-electron chi connectivity index (χ4n) is 2.59. The van der Waals surface area contributed by atoms with Crippen LogP contribution in [0.25, 0.3) is 16.5 Å². The zero-order chi connectivity index (χ0) is 22.6. The van der Waals surface area contributed by atoms with Crippen molar-refractivity contribution < 1.29 is 36.3 Å². The third-order valence-corrected chi connectivity index (χ3v) is 3.86. The topological polar surface area (TPSA) is 120 Å². The highest BCUT2D eigenvalue weighted by Gasteiger charge is 2.30. The first kappa shape index (κ1) is 21.7. The molecule has 0 aliphatic carbocycles. The van der Waals surface area contributed by atoms with Gasteiger partial charge >= 0.3 is 12.1 Å². The van der Waals surface area contributed by atoms with Gasteiger partial charge in [-0.05, 0) is 24.3 Å². The standard InChI is InChI=1S/C19H14F4N4O4/c20-11-4-10-5-12(8-27-17(28)14(7-24)16-25-2-1-3-26-16)31-15(10)13(6-11)18(29)30-9-19(21,22)23/h1-7H,8-9,24H2,(H,27,28)/b14-7+. The van der Waals surface area contributed by atoms with Crippen molar-refractivity contribution >= 4 is 28.4 Å². The molecule has 0 unspecified atom stereocenters. The summed E-state index contributed by atoms with van der Waals surface area (Å²) >= 11 is 0. The van der Waals surface area contributed by atoms with Gasteiger partial charge in [0.25, 0.3) is 5.91 Å². The lowest BCUT2D eigenvalue weighted by molar-refractivity contribution is -0.161. The van der Waals surface area contributed by atoms with Crippen LogP contribution in [-0.2, 0) is 16.1 Å². The molecule has 3 rings (SSSR count). The second kappa shape index (κ2) is 8.81. The number of carbonyl (C=O) groups is 2. The van der Waals surface area contributed by atoms with Crippen LogP contribution < -0.4 is 11.1 Å². The molecule has 162 valence electrons. The number of rotatable bonds is 6. The molecule has 0 fully saturated rings. The minimum absolute atomic E-state index is 0.0147. The maximum absolute atomic E-state index is 13.8. The second-order valence-corrected chi connectivity index (χ2v) is 6.11. The Morgan fingerprint density at radius 3 is 2.55 bits per heavy atom. The van der Waals surface area contributed by atoms with E-state index in [0.29, 0.717) is 6.07 Å². The molecule has 31 heavy (non-hydrogen) atoms. The maximum atomic E-state index is 13.8. The average molecular weight is 438 g/mol. The van der Waals surface area contributed by atoms with Gasteiger partial charge in [0.05, 0.1) is 12.1 Å². The quantitative estimate of drug-likeness (QED) is 0.345. The molecule has 8 nitrogen and oxygen atoms in total. The van der Waals surface area contributed by atoms with E-state index in [2.05, 4.69) is 20.0 Å². The summed E-state index contributed by atoms with van der Waals surface area (Å²) in [5, 5.41) is 2.60. The summed E-state index contributed by atoms with van der Waals surface area (Å²) < 4.78 is 60.3. The van der Waals surface area contributed by atoms with Crippen molar-refractivity contribution in [2.45, 2.75) is 12.7 Å². The van der Waals surface area contributed by atoms with Crippen LogP contribution in [0.5, 0.6) is 0 Å². The van der Waals surface area contributed by atoms with Gasteiger partial charge in [0.1, 0.15) is 22.7 Å². The molecule has 0 saturated carbocycles. The first-order valence-electron chi connectivity index (χ1n) is 8.61. The van der Waals surface area contributed by atoms with E-state index in [9.17, 15) is 27.2 Å². The van der Waals surface area contributed by atoms with Crippen LogP contribution in [-0.4, -0.2) is 34.6 Å². The predicted molar refractivity (Wildman–Crippen MR) is 98.6 cm³/mol. The van der Waals surface area contributed by atoms with Gasteiger partial charge < -0.3 is 20.2 Å². The Labute approximate surface area is 171 Å². The molecule has 1 amide bonds. The minimum Gasteiger partial charge on any atom is -0.458 e. The first-order chi connectivity index (χ1) is 14.7. The monoisotopic (exact) mass is 438 g/mol. The summed E-state index contributed by atoms with van der Waals surface area (Å²) in [6.45, 7) is -2.03. The first-order valence-corrected chi connectivity index (χ1v) is 8.61. The number of esters is 1. The lowest BCUT2D eigenvalue weighted by atomic mass is 10.1. The average Bonchev–Trinajstić information content (AvgIpc) is 3.13. The van der Waals surface area contributed by atoms with E-state index in [0.717, 1.165) is 12.3 Å². The normalized spacial score (nSPS) is 12.1. The van der Waals surface area contributed by atoms with Crippen molar-refractivity contribution in [3.63, 3.8) is 0 Å². The number of furan rings is 1. The van der Waals surface area contributed by atoms with Crippen molar-refractivity contribution in [3.8, 4) is 0 Å². The van der Waals surface area contributed by atoms with E-state index >= 15 is 0 Å². The Hall–Kier alpha value is -3.96. The van der Waals surface area contributed by atoms with Crippen LogP contribution in [0.3, 0.4) is 0 Å². The molecular formula is C19H14F4N4O4. The molecule has 0 saturated heterocycles. The smallest absolute Gasteiger partial charge is 0.422 e. The number of carbonyl (C=O) groups excluding carboxylic acids is 2. The second-order valence-electron chi connectivity index (χ2n) is 6.11. The number of hydrogen-bond donors (Lipinski definition) is 2. The van der Waals surface area contributed by atoms with E-state index < -0.39 is 36.0 Å². The predicted octanol–water partition coefficient (Wildman–Crippen LogP) is 2.70. The fourth-order valence-corrected chi connectivity index (χ4v) is 2.59. The Kier molecular flexibility index (Phi) is 6.18. The van der Waals surface area contributed by atoms with Gasteiger partial charge in [-0.3, -0.25) is 4.79 Å². The molecule has 12 heteroatoms. The van der Waals surface area contributed by atoms with Gasteiger partial charge in [-0.2, -0.15) is 13.2 Å². The van der Waals surface area contributed by atoms with E-state index in [1.54, 1.807) is 6.07 Å². The van der Waals surface area contributed by atoms with Crippen molar-refractivity contribution in [3.05, 3.63) is 65.8 Å². The molecular weight excluding hydrogens is 424 g/mol. The van der Waals surface area contributed by atoms with Crippen LogP contribution in [0.15, 0.2) is 47.3 Å². The number of halogens is 4. The van der Waals surface area contributed by atoms with Gasteiger partial charge in [-0.1, -0.05) is 0 Å². The highest BCUT2D eigenvalue weighted by Crippen LogP contribution is 2.26. The molecule has 3 aromatic rings. The third-order valence-electron chi connectivity index (χ3n) is 3.86. The van der Waals surface area contributed by atoms with Gasteiger partial charge in [0, 0.05) is 24.0 Å². The van der Waals surface area contributed by atoms with Crippen LogP contribution in [0.4, 0.5) is 17.6 Å². The lowest BCUT2D eigenvalue weighted by Gasteiger charge is -2.08. The maximum Gasteiger partial charge on any atom is 0.422 e. The van der Waals surface area contributed by atoms with E-state index in [1.165, 1.54) is 18.5 Å². The molecule has 2 aromatic heterocycles. The Bertz CT molecular complexity index is 1140. The summed E-state index contributed by atoms with van der Waals surface area (Å²) in [5.74, 6) is -2.73. The number of nitrogens with one attached hydrogen (secondary N) is 1. The number of nitrogens with zero attached hydrogens (tertiary/aromatic N) is 2. The number of ether oxygens (including phenoxy) is 1. The molecule has 0 spiro atoms. The lowest BCUT2D eigenvalue weighted by Crippen LogP contribution is -2.25. The third kappa shape index (κ3) is 5.35. The molecule has 0 radical (unpaired) electrons. The van der Waals surface area contributed by atoms with Crippen molar-refractivity contribution in [2.75, 3.05) is 6.61 Å².